The van der Waals surface area contributed by atoms with Crippen molar-refractivity contribution in [2.75, 3.05) is 6.54 Å². The van der Waals surface area contributed by atoms with Gasteiger partial charge in [-0.2, -0.15) is 0 Å². The Morgan fingerprint density at radius 1 is 1.05 bits per heavy atom. The largest absolute Gasteiger partial charge is 0.481 e. The average Bonchev–Trinajstić information content (AvgIpc) is 3.05. The summed E-state index contributed by atoms with van der Waals surface area (Å²) in [5.74, 6) is -0.316. The van der Waals surface area contributed by atoms with Gasteiger partial charge >= 0.3 is 13.1 Å². The van der Waals surface area contributed by atoms with E-state index in [4.69, 9.17) is 10.0 Å². The van der Waals surface area contributed by atoms with E-state index < -0.39 is 13.1 Å². The highest BCUT2D eigenvalue weighted by Crippen LogP contribution is 2.42. The van der Waals surface area contributed by atoms with Crippen LogP contribution in [-0.4, -0.2) is 51.8 Å². The van der Waals surface area contributed by atoms with Crippen molar-refractivity contribution in [3.05, 3.63) is 0 Å². The molecule has 6 heteroatoms. The first kappa shape index (κ1) is 16.3. The number of carboxylic acids is 1. The predicted molar refractivity (Wildman–Crippen MR) is 84.3 cm³/mol. The first-order chi connectivity index (χ1) is 10.5. The molecule has 3 aliphatic rings. The van der Waals surface area contributed by atoms with Crippen molar-refractivity contribution >= 4 is 13.1 Å². The third-order valence-electron chi connectivity index (χ3n) is 6.30. The van der Waals surface area contributed by atoms with Crippen LogP contribution in [0.1, 0.15) is 51.4 Å². The van der Waals surface area contributed by atoms with Crippen LogP contribution in [0.4, 0.5) is 0 Å². The maximum atomic E-state index is 11.7. The van der Waals surface area contributed by atoms with Crippen molar-refractivity contribution in [1.82, 2.24) is 4.90 Å². The summed E-state index contributed by atoms with van der Waals surface area (Å²) in [5.41, 5.74) is 0. The number of fused-ring (bicyclic) bond motifs is 2. The third-order valence-corrected chi connectivity index (χ3v) is 6.30. The summed E-state index contributed by atoms with van der Waals surface area (Å²) in [6.45, 7) is 0.960. The topological polar surface area (TPSA) is 81.0 Å². The SMILES string of the molecule is O=C(O)[C@H]1C[C@H](CCB(O)O)CCC1CN1C2CCC1CC2. The van der Waals surface area contributed by atoms with Gasteiger partial charge in [0, 0.05) is 18.6 Å². The van der Waals surface area contributed by atoms with Crippen LogP contribution >= 0.6 is 0 Å². The molecule has 124 valence electrons. The number of rotatable bonds is 6. The van der Waals surface area contributed by atoms with Crippen molar-refractivity contribution < 1.29 is 19.9 Å². The molecule has 5 nitrogen and oxygen atoms in total. The van der Waals surface area contributed by atoms with E-state index in [1.165, 1.54) is 25.7 Å². The van der Waals surface area contributed by atoms with E-state index in [0.29, 0.717) is 30.7 Å². The highest BCUT2D eigenvalue weighted by atomic mass is 16.4. The van der Waals surface area contributed by atoms with Crippen LogP contribution in [0.25, 0.3) is 0 Å². The number of hydrogen-bond donors (Lipinski definition) is 3. The van der Waals surface area contributed by atoms with E-state index in [0.717, 1.165) is 25.8 Å². The van der Waals surface area contributed by atoms with Crippen LogP contribution in [0, 0.1) is 17.8 Å². The molecular formula is C16H28BNO4. The molecular weight excluding hydrogens is 281 g/mol. The number of nitrogens with zero attached hydrogens (tertiary/aromatic N) is 1. The van der Waals surface area contributed by atoms with Gasteiger partial charge < -0.3 is 15.2 Å². The Bertz CT molecular complexity index is 386. The Kier molecular flexibility index (Phi) is 5.10. The molecule has 0 aromatic rings. The van der Waals surface area contributed by atoms with Gasteiger partial charge in [0.15, 0.2) is 0 Å². The zero-order chi connectivity index (χ0) is 15.7. The van der Waals surface area contributed by atoms with Crippen LogP contribution < -0.4 is 0 Å². The van der Waals surface area contributed by atoms with E-state index in [1.54, 1.807) is 0 Å². The van der Waals surface area contributed by atoms with Crippen LogP contribution in [0.3, 0.4) is 0 Å². The van der Waals surface area contributed by atoms with Gasteiger partial charge in [-0.25, -0.2) is 0 Å². The van der Waals surface area contributed by atoms with Gasteiger partial charge in [-0.05, 0) is 56.7 Å². The van der Waals surface area contributed by atoms with Gasteiger partial charge in [-0.15, -0.1) is 0 Å². The lowest BCUT2D eigenvalue weighted by molar-refractivity contribution is -0.146. The molecule has 1 aliphatic carbocycles. The lowest BCUT2D eigenvalue weighted by Gasteiger charge is -2.37. The Morgan fingerprint density at radius 3 is 2.23 bits per heavy atom. The molecule has 1 saturated carbocycles. The lowest BCUT2D eigenvalue weighted by atomic mass is 9.69. The first-order valence-corrected chi connectivity index (χ1v) is 8.89. The van der Waals surface area contributed by atoms with Gasteiger partial charge in [0.05, 0.1) is 5.92 Å². The number of hydrogen-bond acceptors (Lipinski definition) is 4. The standard InChI is InChI=1S/C16H28BNO4/c19-16(20)15-9-11(7-8-17(21)22)1-2-12(15)10-18-13-3-4-14(18)6-5-13/h11-15,21-22H,1-10H2,(H,19,20)/t11-,12?,13?,14?,15-/m0/s1. The number of carbonyl (C=O) groups is 1. The minimum atomic E-state index is -1.26. The quantitative estimate of drug-likeness (QED) is 0.649. The predicted octanol–water partition coefficient (Wildman–Crippen LogP) is 1.59. The summed E-state index contributed by atoms with van der Waals surface area (Å²) in [6, 6.07) is 1.42. The molecule has 2 saturated heterocycles. The summed E-state index contributed by atoms with van der Waals surface area (Å²) in [4.78, 5) is 14.3. The molecule has 3 atom stereocenters. The molecule has 0 amide bonds. The van der Waals surface area contributed by atoms with Crippen molar-refractivity contribution in [1.29, 1.82) is 0 Å². The van der Waals surface area contributed by atoms with E-state index in [1.807, 2.05) is 0 Å². The maximum absolute atomic E-state index is 11.7. The zero-order valence-electron chi connectivity index (χ0n) is 13.2. The first-order valence-electron chi connectivity index (χ1n) is 8.89. The van der Waals surface area contributed by atoms with Gasteiger partial charge in [-0.1, -0.05) is 12.8 Å². The smallest absolute Gasteiger partial charge is 0.451 e. The fourth-order valence-electron chi connectivity index (χ4n) is 5.08. The Morgan fingerprint density at radius 2 is 1.68 bits per heavy atom. The summed E-state index contributed by atoms with van der Waals surface area (Å²) < 4.78 is 0. The van der Waals surface area contributed by atoms with Crippen molar-refractivity contribution in [2.45, 2.75) is 69.8 Å². The van der Waals surface area contributed by atoms with Crippen molar-refractivity contribution in [2.24, 2.45) is 17.8 Å². The highest BCUT2D eigenvalue weighted by Gasteiger charge is 2.43. The Hall–Kier alpha value is -0.585. The minimum Gasteiger partial charge on any atom is -0.481 e. The summed E-state index contributed by atoms with van der Waals surface area (Å²) >= 11 is 0. The summed E-state index contributed by atoms with van der Waals surface area (Å²) in [7, 11) is -1.26. The molecule has 0 radical (unpaired) electrons. The van der Waals surface area contributed by atoms with Gasteiger partial charge in [0.25, 0.3) is 0 Å². The minimum absolute atomic E-state index is 0.255. The second kappa shape index (κ2) is 6.89. The van der Waals surface area contributed by atoms with Gasteiger partial charge in [0.1, 0.15) is 0 Å². The Labute approximate surface area is 132 Å². The average molecular weight is 309 g/mol. The van der Waals surface area contributed by atoms with Crippen LogP contribution in [0.2, 0.25) is 6.32 Å². The van der Waals surface area contributed by atoms with Gasteiger partial charge in [-0.3, -0.25) is 9.69 Å². The van der Waals surface area contributed by atoms with Gasteiger partial charge in [0.2, 0.25) is 0 Å². The summed E-state index contributed by atoms with van der Waals surface area (Å²) in [5, 5.41) is 27.6. The van der Waals surface area contributed by atoms with Crippen LogP contribution in [0.15, 0.2) is 0 Å². The van der Waals surface area contributed by atoms with Crippen molar-refractivity contribution in [3.63, 3.8) is 0 Å². The molecule has 0 aromatic heterocycles. The highest BCUT2D eigenvalue weighted by molar-refractivity contribution is 6.40. The monoisotopic (exact) mass is 309 g/mol. The lowest BCUT2D eigenvalue weighted by Crippen LogP contribution is -2.41. The van der Waals surface area contributed by atoms with Crippen molar-refractivity contribution in [3.8, 4) is 0 Å². The number of aliphatic carboxylic acids is 1. The molecule has 3 fully saturated rings. The molecule has 3 rings (SSSR count). The molecule has 1 unspecified atom stereocenters. The fourth-order valence-corrected chi connectivity index (χ4v) is 5.08. The molecule has 3 N–H and O–H groups in total. The summed E-state index contributed by atoms with van der Waals surface area (Å²) in [6.07, 6.45) is 8.98. The Balaban J connectivity index is 1.56. The maximum Gasteiger partial charge on any atom is 0.451 e. The normalized spacial score (nSPS) is 38.4. The second-order valence-electron chi connectivity index (χ2n) is 7.60. The molecule has 2 bridgehead atoms. The molecule has 0 spiro atoms. The second-order valence-corrected chi connectivity index (χ2v) is 7.60. The van der Waals surface area contributed by atoms with E-state index in [-0.39, 0.29) is 11.8 Å². The molecule has 22 heavy (non-hydrogen) atoms. The van der Waals surface area contributed by atoms with E-state index >= 15 is 0 Å². The van der Waals surface area contributed by atoms with Crippen LogP contribution in [0.5, 0.6) is 0 Å². The molecule has 2 aliphatic heterocycles. The van der Waals surface area contributed by atoms with Crippen LogP contribution in [-0.2, 0) is 4.79 Å². The molecule has 2 heterocycles. The van der Waals surface area contributed by atoms with E-state index in [9.17, 15) is 9.90 Å². The van der Waals surface area contributed by atoms with E-state index in [2.05, 4.69) is 4.90 Å². The fraction of sp³-hybridized carbons (Fsp3) is 0.938. The third kappa shape index (κ3) is 3.49. The zero-order valence-corrected chi connectivity index (χ0v) is 13.2. The number of carboxylic acid groups (broad SMARTS) is 1. The molecule has 0 aromatic carbocycles.